The summed E-state index contributed by atoms with van der Waals surface area (Å²) in [7, 11) is 0. The van der Waals surface area contributed by atoms with Crippen molar-refractivity contribution in [2.75, 3.05) is 5.06 Å². The van der Waals surface area contributed by atoms with Crippen LogP contribution in [0.25, 0.3) is 0 Å². The van der Waals surface area contributed by atoms with Crippen molar-refractivity contribution in [1.29, 1.82) is 0 Å². The summed E-state index contributed by atoms with van der Waals surface area (Å²) < 4.78 is 5.59. The summed E-state index contributed by atoms with van der Waals surface area (Å²) in [5.74, 6) is -0.483. The Hall–Kier alpha value is -2.60. The van der Waals surface area contributed by atoms with E-state index < -0.39 is 18.1 Å². The third-order valence-corrected chi connectivity index (χ3v) is 4.85. The largest absolute Gasteiger partial charge is 0.467 e. The Morgan fingerprint density at radius 3 is 2.44 bits per heavy atom. The van der Waals surface area contributed by atoms with Gasteiger partial charge in [0.15, 0.2) is 6.10 Å². The number of imide groups is 1. The number of benzene rings is 1. The minimum absolute atomic E-state index is 0.196. The number of amides is 2. The van der Waals surface area contributed by atoms with Gasteiger partial charge in [-0.05, 0) is 44.5 Å². The van der Waals surface area contributed by atoms with E-state index in [0.29, 0.717) is 5.76 Å². The Morgan fingerprint density at radius 2 is 1.80 bits per heavy atom. The van der Waals surface area contributed by atoms with Gasteiger partial charge in [-0.25, -0.2) is 5.06 Å². The summed E-state index contributed by atoms with van der Waals surface area (Å²) >= 11 is 0. The van der Waals surface area contributed by atoms with Gasteiger partial charge in [0.25, 0.3) is 5.91 Å². The molecule has 2 aliphatic rings. The molecule has 6 heteroatoms. The second-order valence-corrected chi connectivity index (χ2v) is 6.76. The van der Waals surface area contributed by atoms with Crippen LogP contribution in [-0.4, -0.2) is 28.9 Å². The lowest BCUT2D eigenvalue weighted by Crippen LogP contribution is -2.41. The fourth-order valence-electron chi connectivity index (χ4n) is 3.71. The van der Waals surface area contributed by atoms with Gasteiger partial charge in [0.05, 0.1) is 12.0 Å². The van der Waals surface area contributed by atoms with Crippen LogP contribution in [0.15, 0.2) is 47.1 Å². The highest BCUT2D eigenvalue weighted by atomic mass is 16.7. The van der Waals surface area contributed by atoms with Crippen molar-refractivity contribution in [2.24, 2.45) is 5.92 Å². The number of aryl methyl sites for hydroxylation is 1. The molecule has 25 heavy (non-hydrogen) atoms. The highest BCUT2D eigenvalue weighted by Gasteiger charge is 2.61. The summed E-state index contributed by atoms with van der Waals surface area (Å²) in [5.41, 5.74) is 1.83. The predicted octanol–water partition coefficient (Wildman–Crippen LogP) is 2.84. The van der Waals surface area contributed by atoms with Crippen LogP contribution in [0.1, 0.15) is 31.2 Å². The molecule has 0 aliphatic carbocycles. The first-order valence-electron chi connectivity index (χ1n) is 8.42. The average Bonchev–Trinajstić information content (AvgIpc) is 3.26. The number of hydrogen-bond donors (Lipinski definition) is 0. The van der Waals surface area contributed by atoms with E-state index in [-0.39, 0.29) is 17.9 Å². The lowest BCUT2D eigenvalue weighted by Gasteiger charge is -2.29. The van der Waals surface area contributed by atoms with Gasteiger partial charge in [0.1, 0.15) is 17.7 Å². The summed E-state index contributed by atoms with van der Waals surface area (Å²) in [6.45, 7) is 5.63. The molecule has 1 aromatic carbocycles. The van der Waals surface area contributed by atoms with Crippen molar-refractivity contribution in [2.45, 2.75) is 39.0 Å². The zero-order chi connectivity index (χ0) is 17.7. The van der Waals surface area contributed by atoms with E-state index in [1.807, 2.05) is 51.1 Å². The van der Waals surface area contributed by atoms with Crippen molar-refractivity contribution in [1.82, 2.24) is 4.90 Å². The lowest BCUT2D eigenvalue weighted by molar-refractivity contribution is -0.145. The minimum Gasteiger partial charge on any atom is -0.467 e. The monoisotopic (exact) mass is 340 g/mol. The van der Waals surface area contributed by atoms with Crippen LogP contribution in [0, 0.1) is 12.8 Å². The molecule has 0 spiro atoms. The lowest BCUT2D eigenvalue weighted by atomic mass is 9.94. The number of rotatable bonds is 3. The van der Waals surface area contributed by atoms with Crippen LogP contribution in [-0.2, 0) is 14.4 Å². The Labute approximate surface area is 145 Å². The molecule has 130 valence electrons. The molecule has 2 saturated heterocycles. The SMILES string of the molecule is Cc1ccccc1N1OC2C(=O)N(C(C)C)C(=O)C2C1c1ccco1. The number of hydrogen-bond acceptors (Lipinski definition) is 5. The minimum atomic E-state index is -0.815. The van der Waals surface area contributed by atoms with Crippen molar-refractivity contribution in [3.8, 4) is 0 Å². The number of furan rings is 1. The maximum Gasteiger partial charge on any atom is 0.262 e. The number of anilines is 1. The molecular formula is C19H20N2O4. The number of hydroxylamine groups is 1. The highest BCUT2D eigenvalue weighted by molar-refractivity contribution is 6.08. The van der Waals surface area contributed by atoms with Gasteiger partial charge < -0.3 is 4.42 Å². The van der Waals surface area contributed by atoms with E-state index in [2.05, 4.69) is 0 Å². The second-order valence-electron chi connectivity index (χ2n) is 6.76. The summed E-state index contributed by atoms with van der Waals surface area (Å²) in [6.07, 6.45) is 0.754. The van der Waals surface area contributed by atoms with E-state index in [1.165, 1.54) is 4.90 Å². The highest BCUT2D eigenvalue weighted by Crippen LogP contribution is 2.47. The molecule has 0 radical (unpaired) electrons. The Balaban J connectivity index is 1.81. The zero-order valence-corrected chi connectivity index (χ0v) is 14.4. The average molecular weight is 340 g/mol. The van der Waals surface area contributed by atoms with E-state index in [0.717, 1.165) is 11.3 Å². The van der Waals surface area contributed by atoms with Crippen LogP contribution < -0.4 is 5.06 Å². The van der Waals surface area contributed by atoms with Gasteiger partial charge in [-0.15, -0.1) is 0 Å². The van der Waals surface area contributed by atoms with E-state index in [1.54, 1.807) is 17.4 Å². The van der Waals surface area contributed by atoms with Crippen molar-refractivity contribution >= 4 is 17.5 Å². The van der Waals surface area contributed by atoms with Crippen LogP contribution in [0.2, 0.25) is 0 Å². The number of fused-ring (bicyclic) bond motifs is 1. The predicted molar refractivity (Wildman–Crippen MR) is 90.5 cm³/mol. The maximum absolute atomic E-state index is 13.0. The number of nitrogens with zero attached hydrogens (tertiary/aromatic N) is 2. The Kier molecular flexibility index (Phi) is 3.65. The summed E-state index contributed by atoms with van der Waals surface area (Å²) in [6, 6.07) is 10.7. The fraction of sp³-hybridized carbons (Fsp3) is 0.368. The van der Waals surface area contributed by atoms with Crippen LogP contribution >= 0.6 is 0 Å². The van der Waals surface area contributed by atoms with Gasteiger partial charge in [0, 0.05) is 6.04 Å². The first-order chi connectivity index (χ1) is 12.0. The molecule has 2 fully saturated rings. The third-order valence-electron chi connectivity index (χ3n) is 4.85. The molecule has 0 bridgehead atoms. The van der Waals surface area contributed by atoms with Crippen LogP contribution in [0.4, 0.5) is 5.69 Å². The second kappa shape index (κ2) is 5.74. The van der Waals surface area contributed by atoms with E-state index >= 15 is 0 Å². The standard InChI is InChI=1S/C19H20N2O4/c1-11(2)20-18(22)15-16(14-9-6-10-24-14)21(25-17(15)19(20)23)13-8-5-4-7-12(13)3/h4-11,15-17H,1-3H3. The smallest absolute Gasteiger partial charge is 0.262 e. The Bertz CT molecular complexity index is 815. The molecule has 4 rings (SSSR count). The van der Waals surface area contributed by atoms with Crippen LogP contribution in [0.5, 0.6) is 0 Å². The zero-order valence-electron chi connectivity index (χ0n) is 14.4. The molecule has 0 saturated carbocycles. The molecular weight excluding hydrogens is 320 g/mol. The molecule has 0 N–H and O–H groups in total. The third kappa shape index (κ3) is 2.28. The summed E-state index contributed by atoms with van der Waals surface area (Å²) in [4.78, 5) is 33.0. The normalized spacial score (nSPS) is 26.0. The topological polar surface area (TPSA) is 63.0 Å². The quantitative estimate of drug-likeness (QED) is 0.804. The molecule has 2 aromatic rings. The number of carbonyl (C=O) groups excluding carboxylic acids is 2. The molecule has 6 nitrogen and oxygen atoms in total. The van der Waals surface area contributed by atoms with Gasteiger partial charge in [-0.1, -0.05) is 18.2 Å². The van der Waals surface area contributed by atoms with E-state index in [9.17, 15) is 9.59 Å². The Morgan fingerprint density at radius 1 is 1.04 bits per heavy atom. The molecule has 3 unspecified atom stereocenters. The van der Waals surface area contributed by atoms with Crippen molar-refractivity contribution in [3.63, 3.8) is 0 Å². The molecule has 2 aliphatic heterocycles. The fourth-order valence-corrected chi connectivity index (χ4v) is 3.71. The van der Waals surface area contributed by atoms with Gasteiger partial charge in [-0.3, -0.25) is 19.3 Å². The summed E-state index contributed by atoms with van der Waals surface area (Å²) in [5, 5.41) is 1.66. The van der Waals surface area contributed by atoms with Gasteiger partial charge in [0.2, 0.25) is 5.91 Å². The van der Waals surface area contributed by atoms with Crippen LogP contribution in [0.3, 0.4) is 0 Å². The van der Waals surface area contributed by atoms with E-state index in [4.69, 9.17) is 9.25 Å². The molecule has 2 amide bonds. The first kappa shape index (κ1) is 15.9. The first-order valence-corrected chi connectivity index (χ1v) is 8.42. The maximum atomic E-state index is 13.0. The molecule has 1 aromatic heterocycles. The van der Waals surface area contributed by atoms with Crippen molar-refractivity contribution in [3.05, 3.63) is 54.0 Å². The molecule has 3 atom stereocenters. The van der Waals surface area contributed by atoms with Gasteiger partial charge >= 0.3 is 0 Å². The van der Waals surface area contributed by atoms with Crippen molar-refractivity contribution < 1.29 is 18.8 Å². The number of carbonyl (C=O) groups is 2. The van der Waals surface area contributed by atoms with Gasteiger partial charge in [-0.2, -0.15) is 0 Å². The molecule has 3 heterocycles. The number of likely N-dealkylation sites (tertiary alicyclic amines) is 1. The number of para-hydroxylation sites is 1.